The Hall–Kier alpha value is -2.11. The van der Waals surface area contributed by atoms with Gasteiger partial charge in [-0.3, -0.25) is 4.99 Å². The van der Waals surface area contributed by atoms with Gasteiger partial charge >= 0.3 is 0 Å². The molecule has 0 aliphatic carbocycles. The fourth-order valence-corrected chi connectivity index (χ4v) is 2.48. The van der Waals surface area contributed by atoms with E-state index in [-0.39, 0.29) is 0 Å². The molecule has 0 amide bonds. The van der Waals surface area contributed by atoms with Gasteiger partial charge in [0.15, 0.2) is 17.5 Å². The van der Waals surface area contributed by atoms with Crippen molar-refractivity contribution in [2.24, 2.45) is 4.99 Å². The summed E-state index contributed by atoms with van der Waals surface area (Å²) >= 11 is 0. The quantitative estimate of drug-likeness (QED) is 0.835. The van der Waals surface area contributed by atoms with Crippen molar-refractivity contribution < 1.29 is 14.2 Å². The van der Waals surface area contributed by atoms with E-state index in [2.05, 4.69) is 15.6 Å². The third-order valence-electron chi connectivity index (χ3n) is 3.62. The van der Waals surface area contributed by atoms with Gasteiger partial charge < -0.3 is 24.8 Å². The van der Waals surface area contributed by atoms with E-state index in [9.17, 15) is 0 Å². The summed E-state index contributed by atoms with van der Waals surface area (Å²) in [6.07, 6.45) is 3.12. The minimum atomic E-state index is 0.632. The van der Waals surface area contributed by atoms with Gasteiger partial charge in [-0.05, 0) is 25.3 Å². The third-order valence-corrected chi connectivity index (χ3v) is 3.62. The number of hydrogen-bond acceptors (Lipinski definition) is 6. The largest absolute Gasteiger partial charge is 0.493 e. The van der Waals surface area contributed by atoms with Crippen molar-refractivity contribution in [1.29, 1.82) is 0 Å². The summed E-state index contributed by atoms with van der Waals surface area (Å²) in [5.41, 5.74) is 1.07. The zero-order chi connectivity index (χ0) is 15.8. The molecule has 0 spiro atoms. The van der Waals surface area contributed by atoms with Gasteiger partial charge in [0.25, 0.3) is 0 Å². The molecule has 0 aromatic heterocycles. The molecule has 1 aromatic carbocycles. The fraction of sp³-hybridized carbons (Fsp3) is 0.562. The minimum Gasteiger partial charge on any atom is -0.493 e. The lowest BCUT2D eigenvalue weighted by Gasteiger charge is -2.16. The van der Waals surface area contributed by atoms with Gasteiger partial charge in [0, 0.05) is 25.2 Å². The van der Waals surface area contributed by atoms with E-state index >= 15 is 0 Å². The molecule has 122 valence electrons. The zero-order valence-electron chi connectivity index (χ0n) is 13.6. The van der Waals surface area contributed by atoms with Crippen LogP contribution in [-0.4, -0.2) is 46.9 Å². The van der Waals surface area contributed by atoms with Crippen LogP contribution in [0, 0.1) is 0 Å². The van der Waals surface area contributed by atoms with E-state index in [1.54, 1.807) is 21.3 Å². The van der Waals surface area contributed by atoms with Crippen molar-refractivity contribution in [3.05, 3.63) is 17.7 Å². The number of guanidine groups is 1. The molecule has 1 aliphatic rings. The van der Waals surface area contributed by atoms with Crippen LogP contribution in [0.5, 0.6) is 17.2 Å². The lowest BCUT2D eigenvalue weighted by atomic mass is 10.1. The molecule has 0 bridgehead atoms. The molecule has 0 fully saturated rings. The van der Waals surface area contributed by atoms with Crippen molar-refractivity contribution in [3.8, 4) is 17.2 Å². The first-order valence-corrected chi connectivity index (χ1v) is 7.60. The average Bonchev–Trinajstić information content (AvgIpc) is 2.82. The monoisotopic (exact) mass is 307 g/mol. The van der Waals surface area contributed by atoms with Gasteiger partial charge in [-0.15, -0.1) is 0 Å². The Kier molecular flexibility index (Phi) is 6.18. The molecular weight excluding hydrogens is 282 g/mol. The molecule has 1 aliphatic heterocycles. The smallest absolute Gasteiger partial charge is 0.203 e. The van der Waals surface area contributed by atoms with Crippen molar-refractivity contribution >= 4 is 5.96 Å². The highest BCUT2D eigenvalue weighted by Crippen LogP contribution is 2.39. The Morgan fingerprint density at radius 1 is 1.09 bits per heavy atom. The predicted molar refractivity (Wildman–Crippen MR) is 87.3 cm³/mol. The maximum absolute atomic E-state index is 5.49. The Bertz CT molecular complexity index is 518. The zero-order valence-corrected chi connectivity index (χ0v) is 13.6. The molecule has 6 heteroatoms. The lowest BCUT2D eigenvalue weighted by molar-refractivity contribution is 0.322. The van der Waals surface area contributed by atoms with Crippen LogP contribution in [0.15, 0.2) is 17.1 Å². The molecule has 2 rings (SSSR count). The van der Waals surface area contributed by atoms with Crippen LogP contribution in [0.1, 0.15) is 18.4 Å². The van der Waals surface area contributed by atoms with Crippen LogP contribution < -0.4 is 24.8 Å². The highest BCUT2D eigenvalue weighted by Gasteiger charge is 2.15. The summed E-state index contributed by atoms with van der Waals surface area (Å²) in [5.74, 6) is 2.91. The predicted octanol–water partition coefficient (Wildman–Crippen LogP) is 1.58. The first-order valence-electron chi connectivity index (χ1n) is 7.60. The summed E-state index contributed by atoms with van der Waals surface area (Å²) in [4.78, 5) is 4.48. The normalized spacial score (nSPS) is 14.4. The fourth-order valence-electron chi connectivity index (χ4n) is 2.48. The second-order valence-electron chi connectivity index (χ2n) is 5.03. The lowest BCUT2D eigenvalue weighted by Crippen LogP contribution is -2.38. The number of methoxy groups -OCH3 is 3. The van der Waals surface area contributed by atoms with Crippen molar-refractivity contribution in [2.75, 3.05) is 41.0 Å². The maximum atomic E-state index is 5.49. The summed E-state index contributed by atoms with van der Waals surface area (Å²) < 4.78 is 16.2. The standard InChI is InChI=1S/C16H25N3O3/c1-20-13-7-6-12(14(21-2)15(13)22-3)8-11-19-16-17-9-4-5-10-18-16/h6-7H,4-5,8-11H2,1-3H3,(H2,17,18,19). The van der Waals surface area contributed by atoms with Crippen LogP contribution in [0.25, 0.3) is 0 Å². The number of benzene rings is 1. The molecule has 0 saturated carbocycles. The van der Waals surface area contributed by atoms with Crippen molar-refractivity contribution in [2.45, 2.75) is 19.3 Å². The topological polar surface area (TPSA) is 64.1 Å². The van der Waals surface area contributed by atoms with Crippen molar-refractivity contribution in [1.82, 2.24) is 10.6 Å². The van der Waals surface area contributed by atoms with Gasteiger partial charge in [0.2, 0.25) is 5.75 Å². The number of nitrogens with zero attached hydrogens (tertiary/aromatic N) is 1. The molecule has 0 saturated heterocycles. The number of hydrogen-bond donors (Lipinski definition) is 2. The Morgan fingerprint density at radius 2 is 1.91 bits per heavy atom. The van der Waals surface area contributed by atoms with Gasteiger partial charge in [-0.1, -0.05) is 6.07 Å². The van der Waals surface area contributed by atoms with Gasteiger partial charge in [-0.25, -0.2) is 0 Å². The Morgan fingerprint density at radius 3 is 2.64 bits per heavy atom. The summed E-state index contributed by atoms with van der Waals surface area (Å²) in [6.45, 7) is 2.64. The molecule has 0 unspecified atom stereocenters. The number of aliphatic imine (C=N–C) groups is 1. The maximum Gasteiger partial charge on any atom is 0.203 e. The highest BCUT2D eigenvalue weighted by molar-refractivity contribution is 5.79. The van der Waals surface area contributed by atoms with E-state index in [4.69, 9.17) is 14.2 Å². The third kappa shape index (κ3) is 3.96. The van der Waals surface area contributed by atoms with Crippen LogP contribution >= 0.6 is 0 Å². The molecule has 6 nitrogen and oxygen atoms in total. The first kappa shape index (κ1) is 16.3. The number of ether oxygens (including phenoxy) is 3. The molecule has 1 heterocycles. The van der Waals surface area contributed by atoms with E-state index in [0.29, 0.717) is 11.5 Å². The summed E-state index contributed by atoms with van der Waals surface area (Å²) in [5, 5.41) is 6.64. The molecule has 22 heavy (non-hydrogen) atoms. The second kappa shape index (κ2) is 8.36. The molecule has 1 aromatic rings. The number of nitrogens with one attached hydrogen (secondary N) is 2. The molecular formula is C16H25N3O3. The first-order chi connectivity index (χ1) is 10.8. The SMILES string of the molecule is COc1ccc(CCNC2=NCCCCN2)c(OC)c1OC. The van der Waals surface area contributed by atoms with Gasteiger partial charge in [0.05, 0.1) is 21.3 Å². The van der Waals surface area contributed by atoms with Crippen LogP contribution in [-0.2, 0) is 6.42 Å². The average molecular weight is 307 g/mol. The highest BCUT2D eigenvalue weighted by atomic mass is 16.5. The minimum absolute atomic E-state index is 0.632. The Balaban J connectivity index is 2.01. The van der Waals surface area contributed by atoms with Gasteiger partial charge in [0.1, 0.15) is 0 Å². The van der Waals surface area contributed by atoms with E-state index < -0.39 is 0 Å². The van der Waals surface area contributed by atoms with E-state index in [0.717, 1.165) is 56.2 Å². The second-order valence-corrected chi connectivity index (χ2v) is 5.03. The Labute approximate surface area is 131 Å². The van der Waals surface area contributed by atoms with Crippen LogP contribution in [0.4, 0.5) is 0 Å². The summed E-state index contributed by atoms with van der Waals surface area (Å²) in [7, 11) is 4.88. The molecule has 0 radical (unpaired) electrons. The van der Waals surface area contributed by atoms with Crippen LogP contribution in [0.2, 0.25) is 0 Å². The van der Waals surface area contributed by atoms with Crippen LogP contribution in [0.3, 0.4) is 0 Å². The molecule has 2 N–H and O–H groups in total. The summed E-state index contributed by atoms with van der Waals surface area (Å²) in [6, 6.07) is 3.91. The number of rotatable bonds is 6. The van der Waals surface area contributed by atoms with Gasteiger partial charge in [-0.2, -0.15) is 0 Å². The van der Waals surface area contributed by atoms with E-state index in [1.807, 2.05) is 12.1 Å². The van der Waals surface area contributed by atoms with Crippen molar-refractivity contribution in [3.63, 3.8) is 0 Å². The van der Waals surface area contributed by atoms with E-state index in [1.165, 1.54) is 0 Å². The molecule has 0 atom stereocenters.